The van der Waals surface area contributed by atoms with Gasteiger partial charge in [-0.3, -0.25) is 11.3 Å². The van der Waals surface area contributed by atoms with Crippen LogP contribution < -0.4 is 11.3 Å². The molecule has 3 rings (SSSR count). The monoisotopic (exact) mass is 284 g/mol. The number of hydrogen-bond acceptors (Lipinski definition) is 3. The lowest BCUT2D eigenvalue weighted by Crippen LogP contribution is -2.30. The summed E-state index contributed by atoms with van der Waals surface area (Å²) >= 11 is 0. The summed E-state index contributed by atoms with van der Waals surface area (Å²) in [6.45, 7) is 0. The van der Waals surface area contributed by atoms with Crippen LogP contribution >= 0.6 is 0 Å². The fourth-order valence-corrected chi connectivity index (χ4v) is 2.62. The summed E-state index contributed by atoms with van der Waals surface area (Å²) in [5.41, 5.74) is 3.79. The second-order valence-electron chi connectivity index (χ2n) is 5.06. The molecule has 0 aliphatic carbocycles. The van der Waals surface area contributed by atoms with Crippen LogP contribution in [0.25, 0.3) is 10.8 Å². The van der Waals surface area contributed by atoms with E-state index in [1.807, 2.05) is 36.0 Å². The molecule has 5 heteroatoms. The lowest BCUT2D eigenvalue weighted by atomic mass is 9.96. The highest BCUT2D eigenvalue weighted by Crippen LogP contribution is 2.27. The van der Waals surface area contributed by atoms with Gasteiger partial charge in [0, 0.05) is 31.2 Å². The molecule has 0 bridgehead atoms. The maximum Gasteiger partial charge on any atom is 0.131 e. The van der Waals surface area contributed by atoms with Gasteiger partial charge in [0.05, 0.1) is 6.04 Å². The molecule has 3 N–H and O–H groups in total. The van der Waals surface area contributed by atoms with Gasteiger partial charge in [-0.25, -0.2) is 9.37 Å². The smallest absolute Gasteiger partial charge is 0.131 e. The SMILES string of the molecule is Cn1ccnc1CC(NN)c1ccc(F)c2ccccc12. The summed E-state index contributed by atoms with van der Waals surface area (Å²) in [7, 11) is 1.94. The van der Waals surface area contributed by atoms with E-state index in [1.165, 1.54) is 6.07 Å². The zero-order valence-electron chi connectivity index (χ0n) is 11.8. The molecule has 0 spiro atoms. The molecular weight excluding hydrogens is 267 g/mol. The van der Waals surface area contributed by atoms with Gasteiger partial charge in [0.2, 0.25) is 0 Å². The van der Waals surface area contributed by atoms with Crippen molar-refractivity contribution in [3.63, 3.8) is 0 Å². The van der Waals surface area contributed by atoms with Gasteiger partial charge in [-0.05, 0) is 17.0 Å². The highest BCUT2D eigenvalue weighted by atomic mass is 19.1. The Morgan fingerprint density at radius 1 is 1.24 bits per heavy atom. The van der Waals surface area contributed by atoms with Crippen molar-refractivity contribution in [2.45, 2.75) is 12.5 Å². The van der Waals surface area contributed by atoms with Crippen LogP contribution in [0.3, 0.4) is 0 Å². The van der Waals surface area contributed by atoms with Gasteiger partial charge in [0.25, 0.3) is 0 Å². The first-order valence-electron chi connectivity index (χ1n) is 6.80. The number of rotatable bonds is 4. The molecule has 1 atom stereocenters. The summed E-state index contributed by atoms with van der Waals surface area (Å²) in [6.07, 6.45) is 4.28. The Morgan fingerprint density at radius 3 is 2.67 bits per heavy atom. The van der Waals surface area contributed by atoms with E-state index in [9.17, 15) is 4.39 Å². The zero-order chi connectivity index (χ0) is 14.8. The molecule has 0 amide bonds. The minimum absolute atomic E-state index is 0.128. The highest BCUT2D eigenvalue weighted by molar-refractivity contribution is 5.86. The number of nitrogens with zero attached hydrogens (tertiary/aromatic N) is 2. The van der Waals surface area contributed by atoms with Crippen molar-refractivity contribution >= 4 is 10.8 Å². The van der Waals surface area contributed by atoms with Crippen molar-refractivity contribution in [2.75, 3.05) is 0 Å². The van der Waals surface area contributed by atoms with E-state index in [4.69, 9.17) is 5.84 Å². The van der Waals surface area contributed by atoms with Crippen molar-refractivity contribution in [3.05, 3.63) is 66.0 Å². The molecule has 21 heavy (non-hydrogen) atoms. The number of aromatic nitrogens is 2. The minimum Gasteiger partial charge on any atom is -0.338 e. The fourth-order valence-electron chi connectivity index (χ4n) is 2.62. The van der Waals surface area contributed by atoms with Crippen LogP contribution in [0.15, 0.2) is 48.8 Å². The summed E-state index contributed by atoms with van der Waals surface area (Å²) < 4.78 is 15.9. The molecule has 3 aromatic rings. The molecule has 4 nitrogen and oxygen atoms in total. The third-order valence-corrected chi connectivity index (χ3v) is 3.79. The van der Waals surface area contributed by atoms with Gasteiger partial charge in [0.1, 0.15) is 11.6 Å². The zero-order valence-corrected chi connectivity index (χ0v) is 11.8. The van der Waals surface area contributed by atoms with Crippen LogP contribution in [-0.4, -0.2) is 9.55 Å². The molecule has 0 aliphatic rings. The van der Waals surface area contributed by atoms with Crippen molar-refractivity contribution in [3.8, 4) is 0 Å². The quantitative estimate of drug-likeness (QED) is 0.571. The number of nitrogens with two attached hydrogens (primary N) is 1. The Balaban J connectivity index is 2.05. The first-order chi connectivity index (χ1) is 10.2. The van der Waals surface area contributed by atoms with E-state index < -0.39 is 0 Å². The van der Waals surface area contributed by atoms with Crippen molar-refractivity contribution in [1.29, 1.82) is 0 Å². The highest BCUT2D eigenvalue weighted by Gasteiger charge is 2.17. The second kappa shape index (κ2) is 5.63. The molecule has 0 saturated heterocycles. The molecule has 0 radical (unpaired) electrons. The number of nitrogens with one attached hydrogen (secondary N) is 1. The number of benzene rings is 2. The Kier molecular flexibility index (Phi) is 3.68. The van der Waals surface area contributed by atoms with E-state index >= 15 is 0 Å². The Bertz CT molecular complexity index is 766. The van der Waals surface area contributed by atoms with E-state index in [1.54, 1.807) is 18.3 Å². The second-order valence-corrected chi connectivity index (χ2v) is 5.06. The standard InChI is InChI=1S/C16H17FN4/c1-21-9-8-19-16(21)10-15(20-18)13-6-7-14(17)12-5-3-2-4-11(12)13/h2-9,15,20H,10,18H2,1H3. The van der Waals surface area contributed by atoms with E-state index in [2.05, 4.69) is 10.4 Å². The maximum atomic E-state index is 13.9. The molecule has 1 unspecified atom stereocenters. The Labute approximate surface area is 122 Å². The number of imidazole rings is 1. The number of hydrogen-bond donors (Lipinski definition) is 2. The van der Waals surface area contributed by atoms with Gasteiger partial charge in [-0.15, -0.1) is 0 Å². The third kappa shape index (κ3) is 2.53. The lowest BCUT2D eigenvalue weighted by molar-refractivity contribution is 0.532. The summed E-state index contributed by atoms with van der Waals surface area (Å²) in [6, 6.07) is 10.6. The maximum absolute atomic E-state index is 13.9. The fraction of sp³-hybridized carbons (Fsp3) is 0.188. The first-order valence-corrected chi connectivity index (χ1v) is 6.80. The molecule has 2 aromatic carbocycles. The molecule has 1 heterocycles. The van der Waals surface area contributed by atoms with Gasteiger partial charge in [-0.2, -0.15) is 0 Å². The molecular formula is C16H17FN4. The van der Waals surface area contributed by atoms with Crippen LogP contribution in [0.5, 0.6) is 0 Å². The summed E-state index contributed by atoms with van der Waals surface area (Å²) in [5, 5.41) is 1.48. The molecule has 1 aromatic heterocycles. The average molecular weight is 284 g/mol. The van der Waals surface area contributed by atoms with Crippen LogP contribution in [0.2, 0.25) is 0 Å². The summed E-state index contributed by atoms with van der Waals surface area (Å²) in [4.78, 5) is 4.32. The van der Waals surface area contributed by atoms with E-state index in [-0.39, 0.29) is 11.9 Å². The lowest BCUT2D eigenvalue weighted by Gasteiger charge is -2.18. The number of fused-ring (bicyclic) bond motifs is 1. The van der Waals surface area contributed by atoms with Gasteiger partial charge in [0.15, 0.2) is 0 Å². The predicted molar refractivity (Wildman–Crippen MR) is 80.9 cm³/mol. The van der Waals surface area contributed by atoms with Gasteiger partial charge < -0.3 is 4.57 Å². The van der Waals surface area contributed by atoms with E-state index in [0.717, 1.165) is 16.8 Å². The van der Waals surface area contributed by atoms with Crippen LogP contribution in [-0.2, 0) is 13.5 Å². The van der Waals surface area contributed by atoms with Crippen molar-refractivity contribution in [1.82, 2.24) is 15.0 Å². The largest absolute Gasteiger partial charge is 0.338 e. The average Bonchev–Trinajstić information content (AvgIpc) is 2.91. The molecule has 0 fully saturated rings. The van der Waals surface area contributed by atoms with E-state index in [0.29, 0.717) is 11.8 Å². The van der Waals surface area contributed by atoms with Crippen LogP contribution in [0, 0.1) is 5.82 Å². The number of aryl methyl sites for hydroxylation is 1. The Hall–Kier alpha value is -2.24. The summed E-state index contributed by atoms with van der Waals surface area (Å²) in [5.74, 6) is 6.42. The topological polar surface area (TPSA) is 55.9 Å². The van der Waals surface area contributed by atoms with Crippen LogP contribution in [0.4, 0.5) is 4.39 Å². The minimum atomic E-state index is -0.220. The normalized spacial score (nSPS) is 12.7. The Morgan fingerprint density at radius 2 is 2.00 bits per heavy atom. The molecule has 0 saturated carbocycles. The first kappa shape index (κ1) is 13.7. The molecule has 0 aliphatic heterocycles. The molecule has 108 valence electrons. The van der Waals surface area contributed by atoms with Crippen molar-refractivity contribution in [2.24, 2.45) is 12.9 Å². The van der Waals surface area contributed by atoms with Gasteiger partial charge in [-0.1, -0.05) is 30.3 Å². The number of hydrazine groups is 1. The third-order valence-electron chi connectivity index (χ3n) is 3.79. The van der Waals surface area contributed by atoms with Crippen LogP contribution in [0.1, 0.15) is 17.4 Å². The van der Waals surface area contributed by atoms with Crippen molar-refractivity contribution < 1.29 is 4.39 Å². The van der Waals surface area contributed by atoms with Gasteiger partial charge >= 0.3 is 0 Å². The number of halogens is 1. The predicted octanol–water partition coefficient (Wildman–Crippen LogP) is 2.46.